The third-order valence-electron chi connectivity index (χ3n) is 3.33. The van der Waals surface area contributed by atoms with Crippen LogP contribution in [0.5, 0.6) is 5.75 Å². The molecule has 0 aliphatic carbocycles. The lowest BCUT2D eigenvalue weighted by molar-refractivity contribution is 0.201. The van der Waals surface area contributed by atoms with Gasteiger partial charge in [-0.15, -0.1) is 0 Å². The molecule has 0 atom stereocenters. The molecule has 0 aliphatic heterocycles. The largest absolute Gasteiger partial charge is 0.491 e. The van der Waals surface area contributed by atoms with Crippen LogP contribution in [0.4, 0.5) is 5.69 Å². The van der Waals surface area contributed by atoms with Crippen molar-refractivity contribution in [3.63, 3.8) is 0 Å². The zero-order chi connectivity index (χ0) is 16.1. The van der Waals surface area contributed by atoms with E-state index in [1.54, 1.807) is 4.68 Å². The van der Waals surface area contributed by atoms with Crippen molar-refractivity contribution < 1.29 is 9.84 Å². The summed E-state index contributed by atoms with van der Waals surface area (Å²) < 4.78 is 7.04. The molecule has 0 bridgehead atoms. The average molecular weight is 324 g/mol. The highest BCUT2D eigenvalue weighted by molar-refractivity contribution is 6.30. The summed E-state index contributed by atoms with van der Waals surface area (Å²) in [6, 6.07) is 7.61. The van der Waals surface area contributed by atoms with Crippen LogP contribution in [0.3, 0.4) is 0 Å². The van der Waals surface area contributed by atoms with Crippen LogP contribution in [0.1, 0.15) is 31.0 Å². The number of rotatable bonds is 7. The third kappa shape index (κ3) is 3.93. The number of nitrogens with one attached hydrogen (secondary N) is 1. The molecule has 1 aromatic heterocycles. The van der Waals surface area contributed by atoms with Gasteiger partial charge in [-0.3, -0.25) is 4.68 Å². The molecule has 0 radical (unpaired) electrons. The van der Waals surface area contributed by atoms with E-state index in [0.29, 0.717) is 24.2 Å². The summed E-state index contributed by atoms with van der Waals surface area (Å²) in [5.41, 5.74) is 3.02. The lowest BCUT2D eigenvalue weighted by Gasteiger charge is -2.10. The Labute approximate surface area is 135 Å². The second-order valence-corrected chi connectivity index (χ2v) is 5.74. The van der Waals surface area contributed by atoms with Crippen molar-refractivity contribution in [3.05, 3.63) is 40.7 Å². The van der Waals surface area contributed by atoms with E-state index in [0.717, 1.165) is 22.7 Å². The lowest BCUT2D eigenvalue weighted by Crippen LogP contribution is -2.04. The van der Waals surface area contributed by atoms with Gasteiger partial charge in [0.2, 0.25) is 0 Å². The first kappa shape index (κ1) is 16.6. The van der Waals surface area contributed by atoms with Crippen molar-refractivity contribution in [1.82, 2.24) is 9.78 Å². The summed E-state index contributed by atoms with van der Waals surface area (Å²) in [5, 5.41) is 17.2. The Morgan fingerprint density at radius 3 is 2.59 bits per heavy atom. The molecule has 0 saturated carbocycles. The monoisotopic (exact) mass is 323 g/mol. The summed E-state index contributed by atoms with van der Waals surface area (Å²) in [5.74, 6) is 1.06. The maximum absolute atomic E-state index is 8.73. The van der Waals surface area contributed by atoms with E-state index in [-0.39, 0.29) is 6.61 Å². The average Bonchev–Trinajstić information content (AvgIpc) is 2.80. The molecule has 0 unspecified atom stereocenters. The summed E-state index contributed by atoms with van der Waals surface area (Å²) in [6.45, 7) is 5.15. The van der Waals surface area contributed by atoms with Crippen LogP contribution in [-0.2, 0) is 13.6 Å². The number of ether oxygens (including phenoxy) is 1. The SMILES string of the molecule is CC(C)c1nn(C)c(Cl)c1CNc1ccc(OCCO)cc1. The molecular weight excluding hydrogens is 302 g/mol. The molecule has 0 saturated heterocycles. The Hall–Kier alpha value is -1.72. The van der Waals surface area contributed by atoms with Crippen molar-refractivity contribution in [2.24, 2.45) is 7.05 Å². The minimum Gasteiger partial charge on any atom is -0.491 e. The fourth-order valence-electron chi connectivity index (χ4n) is 2.22. The fraction of sp³-hybridized carbons (Fsp3) is 0.438. The van der Waals surface area contributed by atoms with Crippen LogP contribution in [0.2, 0.25) is 5.15 Å². The van der Waals surface area contributed by atoms with Crippen molar-refractivity contribution in [2.75, 3.05) is 18.5 Å². The number of nitrogens with zero attached hydrogens (tertiary/aromatic N) is 2. The Balaban J connectivity index is 2.04. The van der Waals surface area contributed by atoms with E-state index in [1.807, 2.05) is 31.3 Å². The topological polar surface area (TPSA) is 59.3 Å². The standard InChI is InChI=1S/C16H22ClN3O2/c1-11(2)15-14(16(17)20(3)19-15)10-18-12-4-6-13(7-5-12)22-9-8-21/h4-7,11,18,21H,8-10H2,1-3H3. The number of aromatic nitrogens is 2. The molecule has 120 valence electrons. The van der Waals surface area contributed by atoms with Crippen LogP contribution >= 0.6 is 11.6 Å². The quantitative estimate of drug-likeness (QED) is 0.821. The van der Waals surface area contributed by atoms with Gasteiger partial charge in [0.15, 0.2) is 0 Å². The highest BCUT2D eigenvalue weighted by Gasteiger charge is 2.16. The van der Waals surface area contributed by atoms with Gasteiger partial charge in [0.05, 0.1) is 12.3 Å². The van der Waals surface area contributed by atoms with Crippen LogP contribution < -0.4 is 10.1 Å². The first-order valence-corrected chi connectivity index (χ1v) is 7.69. The summed E-state index contributed by atoms with van der Waals surface area (Å²) in [7, 11) is 1.85. The maximum atomic E-state index is 8.73. The molecule has 0 aliphatic rings. The van der Waals surface area contributed by atoms with Crippen LogP contribution in [0.25, 0.3) is 0 Å². The molecule has 6 heteroatoms. The van der Waals surface area contributed by atoms with E-state index in [1.165, 1.54) is 0 Å². The Morgan fingerprint density at radius 1 is 1.32 bits per heavy atom. The first-order valence-electron chi connectivity index (χ1n) is 7.31. The van der Waals surface area contributed by atoms with Crippen LogP contribution in [0.15, 0.2) is 24.3 Å². The Bertz CT molecular complexity index is 609. The smallest absolute Gasteiger partial charge is 0.131 e. The summed E-state index contributed by atoms with van der Waals surface area (Å²) >= 11 is 6.32. The van der Waals surface area contributed by atoms with Gasteiger partial charge in [0.1, 0.15) is 17.5 Å². The second kappa shape index (κ2) is 7.51. The minimum atomic E-state index is 0.0114. The molecular formula is C16H22ClN3O2. The van der Waals surface area contributed by atoms with Gasteiger partial charge in [-0.25, -0.2) is 0 Å². The van der Waals surface area contributed by atoms with E-state index in [4.69, 9.17) is 21.4 Å². The van der Waals surface area contributed by atoms with Crippen molar-refractivity contribution in [3.8, 4) is 5.75 Å². The zero-order valence-corrected chi connectivity index (χ0v) is 13.9. The molecule has 2 rings (SSSR count). The second-order valence-electron chi connectivity index (χ2n) is 5.38. The molecule has 22 heavy (non-hydrogen) atoms. The van der Waals surface area contributed by atoms with Gasteiger partial charge in [-0.2, -0.15) is 5.10 Å². The van der Waals surface area contributed by atoms with Gasteiger partial charge in [0, 0.05) is 24.8 Å². The Morgan fingerprint density at radius 2 is 2.00 bits per heavy atom. The predicted molar refractivity (Wildman–Crippen MR) is 88.7 cm³/mol. The third-order valence-corrected chi connectivity index (χ3v) is 3.80. The van der Waals surface area contributed by atoms with Gasteiger partial charge in [-0.1, -0.05) is 25.4 Å². The molecule has 1 aromatic carbocycles. The number of aliphatic hydroxyl groups excluding tert-OH is 1. The summed E-state index contributed by atoms with van der Waals surface area (Å²) in [4.78, 5) is 0. The van der Waals surface area contributed by atoms with E-state index in [9.17, 15) is 0 Å². The van der Waals surface area contributed by atoms with Gasteiger partial charge in [-0.05, 0) is 30.2 Å². The first-order chi connectivity index (χ1) is 10.5. The number of aryl methyl sites for hydroxylation is 1. The van der Waals surface area contributed by atoms with Crippen molar-refractivity contribution >= 4 is 17.3 Å². The fourth-order valence-corrected chi connectivity index (χ4v) is 2.42. The number of benzene rings is 1. The van der Waals surface area contributed by atoms with E-state index in [2.05, 4.69) is 24.3 Å². The van der Waals surface area contributed by atoms with E-state index < -0.39 is 0 Å². The predicted octanol–water partition coefficient (Wildman–Crippen LogP) is 3.18. The molecule has 0 spiro atoms. The zero-order valence-electron chi connectivity index (χ0n) is 13.1. The molecule has 5 nitrogen and oxygen atoms in total. The highest BCUT2D eigenvalue weighted by atomic mass is 35.5. The molecule has 0 fully saturated rings. The number of halogens is 1. The van der Waals surface area contributed by atoms with Crippen LogP contribution in [-0.4, -0.2) is 28.1 Å². The maximum Gasteiger partial charge on any atom is 0.131 e. The molecule has 0 amide bonds. The minimum absolute atomic E-state index is 0.0114. The highest BCUT2D eigenvalue weighted by Crippen LogP contribution is 2.26. The molecule has 1 heterocycles. The van der Waals surface area contributed by atoms with Gasteiger partial charge >= 0.3 is 0 Å². The van der Waals surface area contributed by atoms with Gasteiger partial charge in [0.25, 0.3) is 0 Å². The number of hydrogen-bond acceptors (Lipinski definition) is 4. The normalized spacial score (nSPS) is 11.0. The Kier molecular flexibility index (Phi) is 5.69. The lowest BCUT2D eigenvalue weighted by atomic mass is 10.1. The van der Waals surface area contributed by atoms with Gasteiger partial charge < -0.3 is 15.2 Å². The number of anilines is 1. The molecule has 2 N–H and O–H groups in total. The summed E-state index contributed by atoms with van der Waals surface area (Å²) in [6.07, 6.45) is 0. The molecule has 2 aromatic rings. The van der Waals surface area contributed by atoms with Crippen molar-refractivity contribution in [2.45, 2.75) is 26.3 Å². The van der Waals surface area contributed by atoms with Crippen molar-refractivity contribution in [1.29, 1.82) is 0 Å². The number of hydrogen-bond donors (Lipinski definition) is 2. The number of aliphatic hydroxyl groups is 1. The van der Waals surface area contributed by atoms with Crippen LogP contribution in [0, 0.1) is 0 Å². The van der Waals surface area contributed by atoms with E-state index >= 15 is 0 Å².